The Kier molecular flexibility index (Phi) is 3.73. The van der Waals surface area contributed by atoms with Gasteiger partial charge in [-0.15, -0.1) is 6.58 Å². The standard InChI is InChI=1S/C14H22N2O2/c1-4-6-9(3)16-11(5-2)13(17)15-12(14(16)18)10-7-8-10/h4,9-12H,1,5-8H2,2-3H3,(H,15,17). The van der Waals surface area contributed by atoms with E-state index >= 15 is 0 Å². The first-order chi connectivity index (χ1) is 8.60. The number of carbonyl (C=O) groups is 2. The van der Waals surface area contributed by atoms with Gasteiger partial charge in [-0.2, -0.15) is 0 Å². The van der Waals surface area contributed by atoms with E-state index < -0.39 is 0 Å². The fourth-order valence-electron chi connectivity index (χ4n) is 2.76. The summed E-state index contributed by atoms with van der Waals surface area (Å²) in [5, 5.41) is 2.90. The summed E-state index contributed by atoms with van der Waals surface area (Å²) in [7, 11) is 0. The lowest BCUT2D eigenvalue weighted by atomic mass is 9.99. The molecule has 0 bridgehead atoms. The number of piperazine rings is 1. The molecule has 3 atom stereocenters. The third-order valence-corrected chi connectivity index (χ3v) is 3.92. The van der Waals surface area contributed by atoms with Gasteiger partial charge < -0.3 is 10.2 Å². The zero-order chi connectivity index (χ0) is 13.3. The van der Waals surface area contributed by atoms with Crippen LogP contribution < -0.4 is 5.32 Å². The Hall–Kier alpha value is -1.32. The van der Waals surface area contributed by atoms with Gasteiger partial charge in [0.25, 0.3) is 0 Å². The summed E-state index contributed by atoms with van der Waals surface area (Å²) < 4.78 is 0. The lowest BCUT2D eigenvalue weighted by Gasteiger charge is -2.42. The Balaban J connectivity index is 2.20. The van der Waals surface area contributed by atoms with Gasteiger partial charge in [-0.25, -0.2) is 0 Å². The number of carbonyl (C=O) groups excluding carboxylic acids is 2. The van der Waals surface area contributed by atoms with Gasteiger partial charge in [0.15, 0.2) is 0 Å². The van der Waals surface area contributed by atoms with Crippen LogP contribution in [0.4, 0.5) is 0 Å². The number of nitrogens with zero attached hydrogens (tertiary/aromatic N) is 1. The maximum Gasteiger partial charge on any atom is 0.246 e. The van der Waals surface area contributed by atoms with Crippen LogP contribution in [0.2, 0.25) is 0 Å². The van der Waals surface area contributed by atoms with Gasteiger partial charge in [0.1, 0.15) is 12.1 Å². The average Bonchev–Trinajstić information content (AvgIpc) is 3.15. The van der Waals surface area contributed by atoms with E-state index in [0.29, 0.717) is 12.3 Å². The summed E-state index contributed by atoms with van der Waals surface area (Å²) in [6.45, 7) is 7.66. The van der Waals surface area contributed by atoms with Crippen molar-refractivity contribution in [2.24, 2.45) is 5.92 Å². The Morgan fingerprint density at radius 1 is 1.50 bits per heavy atom. The molecule has 0 spiro atoms. The largest absolute Gasteiger partial charge is 0.342 e. The minimum atomic E-state index is -0.317. The van der Waals surface area contributed by atoms with Crippen LogP contribution >= 0.6 is 0 Å². The van der Waals surface area contributed by atoms with Crippen LogP contribution in [0.15, 0.2) is 12.7 Å². The maximum absolute atomic E-state index is 12.5. The molecule has 0 radical (unpaired) electrons. The predicted molar refractivity (Wildman–Crippen MR) is 69.9 cm³/mol. The lowest BCUT2D eigenvalue weighted by Crippen LogP contribution is -2.65. The lowest BCUT2D eigenvalue weighted by molar-refractivity contribution is -0.152. The highest BCUT2D eigenvalue weighted by molar-refractivity contribution is 5.97. The summed E-state index contributed by atoms with van der Waals surface area (Å²) in [5.74, 6) is 0.459. The van der Waals surface area contributed by atoms with E-state index in [-0.39, 0.29) is 29.9 Å². The van der Waals surface area contributed by atoms with Gasteiger partial charge in [0, 0.05) is 6.04 Å². The highest BCUT2D eigenvalue weighted by Crippen LogP contribution is 2.35. The number of hydrogen-bond acceptors (Lipinski definition) is 2. The van der Waals surface area contributed by atoms with Gasteiger partial charge in [-0.05, 0) is 38.5 Å². The van der Waals surface area contributed by atoms with Crippen molar-refractivity contribution < 1.29 is 9.59 Å². The van der Waals surface area contributed by atoms with Crippen molar-refractivity contribution in [3.8, 4) is 0 Å². The summed E-state index contributed by atoms with van der Waals surface area (Å²) in [4.78, 5) is 26.4. The fraction of sp³-hybridized carbons (Fsp3) is 0.714. The molecule has 18 heavy (non-hydrogen) atoms. The van der Waals surface area contributed by atoms with Crippen LogP contribution in [-0.4, -0.2) is 34.8 Å². The molecule has 1 saturated heterocycles. The zero-order valence-electron chi connectivity index (χ0n) is 11.2. The van der Waals surface area contributed by atoms with Crippen molar-refractivity contribution in [2.45, 2.75) is 57.7 Å². The zero-order valence-corrected chi connectivity index (χ0v) is 11.2. The van der Waals surface area contributed by atoms with Crippen LogP contribution in [0.3, 0.4) is 0 Å². The van der Waals surface area contributed by atoms with Crippen molar-refractivity contribution in [3.63, 3.8) is 0 Å². The van der Waals surface area contributed by atoms with Crippen LogP contribution in [0.5, 0.6) is 0 Å². The molecule has 2 aliphatic rings. The van der Waals surface area contributed by atoms with Gasteiger partial charge >= 0.3 is 0 Å². The molecule has 2 rings (SSSR count). The highest BCUT2D eigenvalue weighted by Gasteiger charge is 2.47. The van der Waals surface area contributed by atoms with Crippen LogP contribution in [0, 0.1) is 5.92 Å². The molecule has 4 heteroatoms. The van der Waals surface area contributed by atoms with Crippen LogP contribution in [0.1, 0.15) is 39.5 Å². The van der Waals surface area contributed by atoms with E-state index in [0.717, 1.165) is 19.3 Å². The third kappa shape index (κ3) is 2.28. The number of hydrogen-bond donors (Lipinski definition) is 1. The molecule has 1 aliphatic carbocycles. The molecule has 4 nitrogen and oxygen atoms in total. The van der Waals surface area contributed by atoms with E-state index in [1.807, 2.05) is 19.9 Å². The Bertz CT molecular complexity index is 363. The molecule has 0 aromatic carbocycles. The molecule has 1 heterocycles. The van der Waals surface area contributed by atoms with E-state index in [4.69, 9.17) is 0 Å². The van der Waals surface area contributed by atoms with Gasteiger partial charge in [0.2, 0.25) is 11.8 Å². The van der Waals surface area contributed by atoms with Gasteiger partial charge in [0.05, 0.1) is 0 Å². The summed E-state index contributed by atoms with van der Waals surface area (Å²) >= 11 is 0. The van der Waals surface area contributed by atoms with Crippen LogP contribution in [-0.2, 0) is 9.59 Å². The Morgan fingerprint density at radius 3 is 2.67 bits per heavy atom. The van der Waals surface area contributed by atoms with E-state index in [2.05, 4.69) is 11.9 Å². The first-order valence-corrected chi connectivity index (χ1v) is 6.83. The smallest absolute Gasteiger partial charge is 0.246 e. The topological polar surface area (TPSA) is 49.4 Å². The first kappa shape index (κ1) is 13.1. The number of nitrogens with one attached hydrogen (secondary N) is 1. The minimum Gasteiger partial charge on any atom is -0.342 e. The monoisotopic (exact) mass is 250 g/mol. The molecule has 2 amide bonds. The fourth-order valence-corrected chi connectivity index (χ4v) is 2.76. The van der Waals surface area contributed by atoms with E-state index in [1.165, 1.54) is 0 Å². The molecular formula is C14H22N2O2. The summed E-state index contributed by atoms with van der Waals surface area (Å²) in [6.07, 6.45) is 5.31. The second kappa shape index (κ2) is 5.12. The minimum absolute atomic E-state index is 0.00455. The summed E-state index contributed by atoms with van der Waals surface area (Å²) in [5.41, 5.74) is 0. The molecule has 0 aromatic rings. The SMILES string of the molecule is C=CCC(C)N1C(=O)C(C2CC2)NC(=O)C1CC. The van der Waals surface area contributed by atoms with Gasteiger partial charge in [-0.1, -0.05) is 13.0 Å². The second-order valence-corrected chi connectivity index (χ2v) is 5.37. The third-order valence-electron chi connectivity index (χ3n) is 3.92. The molecule has 0 aromatic heterocycles. The van der Waals surface area contributed by atoms with Gasteiger partial charge in [-0.3, -0.25) is 9.59 Å². The van der Waals surface area contributed by atoms with Crippen LogP contribution in [0.25, 0.3) is 0 Å². The van der Waals surface area contributed by atoms with E-state index in [1.54, 1.807) is 4.90 Å². The Labute approximate surface area is 108 Å². The normalized spacial score (nSPS) is 30.0. The average molecular weight is 250 g/mol. The number of amides is 2. The first-order valence-electron chi connectivity index (χ1n) is 6.83. The second-order valence-electron chi connectivity index (χ2n) is 5.37. The Morgan fingerprint density at radius 2 is 2.17 bits per heavy atom. The summed E-state index contributed by atoms with van der Waals surface area (Å²) in [6, 6.07) is -0.553. The molecular weight excluding hydrogens is 228 g/mol. The van der Waals surface area contributed by atoms with Crippen molar-refractivity contribution in [3.05, 3.63) is 12.7 Å². The van der Waals surface area contributed by atoms with Crippen molar-refractivity contribution in [1.82, 2.24) is 10.2 Å². The molecule has 3 unspecified atom stereocenters. The van der Waals surface area contributed by atoms with Crippen molar-refractivity contribution >= 4 is 11.8 Å². The molecule has 2 fully saturated rings. The molecule has 1 aliphatic heterocycles. The van der Waals surface area contributed by atoms with Crippen molar-refractivity contribution in [2.75, 3.05) is 0 Å². The molecule has 100 valence electrons. The maximum atomic E-state index is 12.5. The highest BCUT2D eigenvalue weighted by atomic mass is 16.2. The molecule has 1 saturated carbocycles. The number of rotatable bonds is 5. The van der Waals surface area contributed by atoms with Crippen molar-refractivity contribution in [1.29, 1.82) is 0 Å². The quantitative estimate of drug-likeness (QED) is 0.751. The predicted octanol–water partition coefficient (Wildman–Crippen LogP) is 1.47. The molecule has 1 N–H and O–H groups in total. The van der Waals surface area contributed by atoms with E-state index in [9.17, 15) is 9.59 Å².